The van der Waals surface area contributed by atoms with Gasteiger partial charge in [0.2, 0.25) is 5.43 Å². The molecular weight excluding hydrogens is 298 g/mol. The van der Waals surface area contributed by atoms with Crippen molar-refractivity contribution < 1.29 is 4.92 Å². The number of rotatable bonds is 3. The zero-order valence-corrected chi connectivity index (χ0v) is 11.8. The van der Waals surface area contributed by atoms with Crippen LogP contribution in [-0.4, -0.2) is 9.91 Å². The van der Waals surface area contributed by atoms with Gasteiger partial charge in [0.05, 0.1) is 16.1 Å². The molecule has 3 N–H and O–H groups in total. The van der Waals surface area contributed by atoms with Crippen molar-refractivity contribution in [2.24, 2.45) is 10.2 Å². The third-order valence-corrected chi connectivity index (χ3v) is 3.24. The van der Waals surface area contributed by atoms with Crippen LogP contribution >= 0.6 is 0 Å². The lowest BCUT2D eigenvalue weighted by atomic mass is 10.2. The first-order valence-corrected chi connectivity index (χ1v) is 6.63. The lowest BCUT2D eigenvalue weighted by molar-refractivity contribution is -0.384. The minimum absolute atomic E-state index is 0.00190. The van der Waals surface area contributed by atoms with Crippen LogP contribution in [0.25, 0.3) is 10.9 Å². The van der Waals surface area contributed by atoms with Gasteiger partial charge in [-0.05, 0) is 24.3 Å². The smallest absolute Gasteiger partial charge is 0.269 e. The highest BCUT2D eigenvalue weighted by molar-refractivity contribution is 5.84. The van der Waals surface area contributed by atoms with Crippen molar-refractivity contribution in [3.05, 3.63) is 68.9 Å². The molecule has 0 spiro atoms. The summed E-state index contributed by atoms with van der Waals surface area (Å²) in [6.07, 6.45) is 0. The highest BCUT2D eigenvalue weighted by Gasteiger charge is 2.09. The molecular formula is C15H11N5O3. The molecule has 0 aliphatic carbocycles. The number of non-ortho nitro benzene ring substituents is 1. The number of aromatic nitrogens is 1. The van der Waals surface area contributed by atoms with Gasteiger partial charge in [0.1, 0.15) is 5.82 Å². The Morgan fingerprint density at radius 3 is 2.43 bits per heavy atom. The van der Waals surface area contributed by atoms with Crippen molar-refractivity contribution in [1.29, 1.82) is 0 Å². The Labute approximate surface area is 129 Å². The lowest BCUT2D eigenvalue weighted by Crippen LogP contribution is -2.06. The van der Waals surface area contributed by atoms with Crippen LogP contribution in [0, 0.1) is 10.1 Å². The normalized spacial score (nSPS) is 11.1. The van der Waals surface area contributed by atoms with Crippen LogP contribution in [0.3, 0.4) is 0 Å². The molecule has 1 heterocycles. The van der Waals surface area contributed by atoms with Crippen LogP contribution in [0.2, 0.25) is 0 Å². The van der Waals surface area contributed by atoms with E-state index in [2.05, 4.69) is 15.2 Å². The van der Waals surface area contributed by atoms with Crippen LogP contribution in [0.1, 0.15) is 0 Å². The molecule has 23 heavy (non-hydrogen) atoms. The van der Waals surface area contributed by atoms with E-state index in [4.69, 9.17) is 5.73 Å². The largest absolute Gasteiger partial charge is 0.383 e. The Kier molecular flexibility index (Phi) is 3.55. The van der Waals surface area contributed by atoms with Gasteiger partial charge >= 0.3 is 0 Å². The van der Waals surface area contributed by atoms with Gasteiger partial charge in [0.15, 0.2) is 5.69 Å². The standard InChI is InChI=1S/C15H11N5O3/c16-15-13(14(21)11-3-1-2-4-12(11)17-15)19-18-9-5-7-10(8-6-9)20(22)23/h1-8H,(H3,16,17,21). The Morgan fingerprint density at radius 2 is 1.74 bits per heavy atom. The zero-order valence-electron chi connectivity index (χ0n) is 11.8. The SMILES string of the molecule is Nc1[nH]c2ccccc2c(=O)c1N=Nc1ccc([N+](=O)[O-])cc1. The van der Waals surface area contributed by atoms with E-state index in [1.54, 1.807) is 24.3 Å². The number of nitrogens with two attached hydrogens (primary N) is 1. The molecule has 0 aliphatic heterocycles. The molecule has 2 aromatic carbocycles. The number of para-hydroxylation sites is 1. The summed E-state index contributed by atoms with van der Waals surface area (Å²) in [5.74, 6) is 0.111. The average molecular weight is 309 g/mol. The molecule has 0 bridgehead atoms. The number of nitrogens with zero attached hydrogens (tertiary/aromatic N) is 3. The third-order valence-electron chi connectivity index (χ3n) is 3.24. The maximum Gasteiger partial charge on any atom is 0.269 e. The molecule has 0 fully saturated rings. The molecule has 0 radical (unpaired) electrons. The minimum Gasteiger partial charge on any atom is -0.383 e. The van der Waals surface area contributed by atoms with E-state index in [9.17, 15) is 14.9 Å². The van der Waals surface area contributed by atoms with Crippen molar-refractivity contribution in [1.82, 2.24) is 4.98 Å². The van der Waals surface area contributed by atoms with Crippen molar-refractivity contribution in [3.8, 4) is 0 Å². The molecule has 0 unspecified atom stereocenters. The summed E-state index contributed by atoms with van der Waals surface area (Å²) in [6, 6.07) is 12.4. The van der Waals surface area contributed by atoms with Crippen molar-refractivity contribution in [2.45, 2.75) is 0 Å². The number of benzene rings is 2. The molecule has 0 saturated carbocycles. The third kappa shape index (κ3) is 2.77. The molecule has 8 heteroatoms. The second kappa shape index (κ2) is 5.68. The number of nitro benzene ring substituents is 1. The summed E-state index contributed by atoms with van der Waals surface area (Å²) < 4.78 is 0. The lowest BCUT2D eigenvalue weighted by Gasteiger charge is -2.02. The molecule has 0 aliphatic rings. The molecule has 3 rings (SSSR count). The molecule has 0 amide bonds. The van der Waals surface area contributed by atoms with Gasteiger partial charge < -0.3 is 10.7 Å². The predicted octanol–water partition coefficient (Wildman–Crippen LogP) is 3.43. The topological polar surface area (TPSA) is 127 Å². The van der Waals surface area contributed by atoms with Crippen LogP contribution in [0.4, 0.5) is 22.9 Å². The van der Waals surface area contributed by atoms with Crippen LogP contribution in [0.15, 0.2) is 63.6 Å². The van der Waals surface area contributed by atoms with Gasteiger partial charge in [0.25, 0.3) is 5.69 Å². The van der Waals surface area contributed by atoms with Gasteiger partial charge in [0, 0.05) is 17.5 Å². The van der Waals surface area contributed by atoms with E-state index in [0.717, 1.165) is 0 Å². The van der Waals surface area contributed by atoms with E-state index < -0.39 is 4.92 Å². The molecule has 8 nitrogen and oxygen atoms in total. The number of nitrogens with one attached hydrogen (secondary N) is 1. The Hall–Kier alpha value is -3.55. The average Bonchev–Trinajstić information content (AvgIpc) is 2.55. The van der Waals surface area contributed by atoms with E-state index in [1.807, 2.05) is 0 Å². The van der Waals surface area contributed by atoms with Gasteiger partial charge in [-0.2, -0.15) is 5.11 Å². The summed E-state index contributed by atoms with van der Waals surface area (Å²) in [7, 11) is 0. The van der Waals surface area contributed by atoms with E-state index in [-0.39, 0.29) is 22.6 Å². The summed E-state index contributed by atoms with van der Waals surface area (Å²) >= 11 is 0. The van der Waals surface area contributed by atoms with E-state index in [0.29, 0.717) is 16.6 Å². The molecule has 3 aromatic rings. The highest BCUT2D eigenvalue weighted by Crippen LogP contribution is 2.23. The first-order valence-electron chi connectivity index (χ1n) is 6.63. The Morgan fingerprint density at radius 1 is 1.04 bits per heavy atom. The number of hydrogen-bond donors (Lipinski definition) is 2. The molecule has 0 atom stereocenters. The predicted molar refractivity (Wildman–Crippen MR) is 86.3 cm³/mol. The molecule has 1 aromatic heterocycles. The van der Waals surface area contributed by atoms with Crippen LogP contribution < -0.4 is 11.2 Å². The number of H-pyrrole nitrogens is 1. The Bertz CT molecular complexity index is 977. The van der Waals surface area contributed by atoms with Gasteiger partial charge in [-0.25, -0.2) is 0 Å². The van der Waals surface area contributed by atoms with Gasteiger partial charge in [-0.15, -0.1) is 5.11 Å². The maximum atomic E-state index is 12.4. The maximum absolute atomic E-state index is 12.4. The van der Waals surface area contributed by atoms with E-state index >= 15 is 0 Å². The fraction of sp³-hybridized carbons (Fsp3) is 0. The number of pyridine rings is 1. The fourth-order valence-corrected chi connectivity index (χ4v) is 2.09. The fourth-order valence-electron chi connectivity index (χ4n) is 2.09. The quantitative estimate of drug-likeness (QED) is 0.436. The number of nitrogen functional groups attached to an aromatic ring is 1. The number of azo groups is 1. The van der Waals surface area contributed by atoms with Crippen molar-refractivity contribution >= 4 is 33.8 Å². The first-order chi connectivity index (χ1) is 11.1. The minimum atomic E-state index is -0.507. The van der Waals surface area contributed by atoms with Gasteiger partial charge in [-0.3, -0.25) is 14.9 Å². The van der Waals surface area contributed by atoms with E-state index in [1.165, 1.54) is 24.3 Å². The van der Waals surface area contributed by atoms with Crippen molar-refractivity contribution in [2.75, 3.05) is 5.73 Å². The summed E-state index contributed by atoms with van der Waals surface area (Å²) in [5, 5.41) is 18.8. The monoisotopic (exact) mass is 309 g/mol. The summed E-state index contributed by atoms with van der Waals surface area (Å²) in [6.45, 7) is 0. The summed E-state index contributed by atoms with van der Waals surface area (Å²) in [4.78, 5) is 25.4. The second-order valence-corrected chi connectivity index (χ2v) is 4.74. The number of hydrogen-bond acceptors (Lipinski definition) is 6. The molecule has 114 valence electrons. The Balaban J connectivity index is 2.00. The van der Waals surface area contributed by atoms with Crippen LogP contribution in [-0.2, 0) is 0 Å². The highest BCUT2D eigenvalue weighted by atomic mass is 16.6. The molecule has 0 saturated heterocycles. The van der Waals surface area contributed by atoms with Crippen LogP contribution in [0.5, 0.6) is 0 Å². The second-order valence-electron chi connectivity index (χ2n) is 4.74. The number of fused-ring (bicyclic) bond motifs is 1. The zero-order chi connectivity index (χ0) is 16.4. The summed E-state index contributed by atoms with van der Waals surface area (Å²) in [5.41, 5.74) is 6.43. The van der Waals surface area contributed by atoms with Crippen molar-refractivity contribution in [3.63, 3.8) is 0 Å². The number of aromatic amines is 1. The number of anilines is 1. The van der Waals surface area contributed by atoms with Gasteiger partial charge in [-0.1, -0.05) is 12.1 Å². The first kappa shape index (κ1) is 14.4. The number of nitro groups is 1.